The maximum atomic E-state index is 14.0. The van der Waals surface area contributed by atoms with Crippen LogP contribution in [0.5, 0.6) is 0 Å². The second kappa shape index (κ2) is 8.83. The van der Waals surface area contributed by atoms with Crippen LogP contribution in [0, 0.1) is 12.5 Å². The molecule has 3 atom stereocenters. The third-order valence-electron chi connectivity index (χ3n) is 7.42. The molecule has 8 nitrogen and oxygen atoms in total. The monoisotopic (exact) mass is 483 g/mol. The molecular weight excluding hydrogens is 454 g/mol. The third-order valence-corrected chi connectivity index (χ3v) is 7.42. The number of hydrogen-bond donors (Lipinski definition) is 2. The van der Waals surface area contributed by atoms with Crippen molar-refractivity contribution in [2.24, 2.45) is 5.92 Å². The van der Waals surface area contributed by atoms with Crippen LogP contribution >= 0.6 is 0 Å². The van der Waals surface area contributed by atoms with Crippen LogP contribution in [0.2, 0.25) is 0 Å². The topological polar surface area (TPSA) is 89.9 Å². The number of para-hydroxylation sites is 2. The van der Waals surface area contributed by atoms with Crippen LogP contribution in [0.15, 0.2) is 54.6 Å². The molecule has 0 saturated carbocycles. The molecule has 2 aliphatic rings. The Hall–Kier alpha value is -4.12. The van der Waals surface area contributed by atoms with Crippen LogP contribution in [0.3, 0.4) is 0 Å². The Morgan fingerprint density at radius 3 is 2.64 bits per heavy atom. The van der Waals surface area contributed by atoms with Gasteiger partial charge in [0.1, 0.15) is 17.2 Å². The molecule has 3 heterocycles. The molecule has 184 valence electrons. The van der Waals surface area contributed by atoms with Crippen molar-refractivity contribution in [1.29, 1.82) is 0 Å². The van der Waals surface area contributed by atoms with E-state index >= 15 is 0 Å². The number of nitrogens with one attached hydrogen (secondary N) is 2. The highest BCUT2D eigenvalue weighted by molar-refractivity contribution is 6.07. The summed E-state index contributed by atoms with van der Waals surface area (Å²) in [6, 6.07) is 16.1. The fourth-order valence-electron chi connectivity index (χ4n) is 5.54. The van der Waals surface area contributed by atoms with Crippen LogP contribution in [0.25, 0.3) is 15.7 Å². The number of benzene rings is 2. The standard InChI is InChI=1S/C28H29N5O3/c1-17(2)13-23(32(4)25(34)22-14-18-9-5-7-11-20(18)30-22)26(35)33-16-28(15-24(33)29-3)19-10-6-8-12-21(19)31-27(28)36/h5-12,14,17,23-24,30H,13,15-16H2,1-2,4H3,(H,31,36). The minimum atomic E-state index is -0.955. The number of carbonyl (C=O) groups excluding carboxylic acids is 3. The largest absolute Gasteiger partial charge is 0.351 e. The number of anilines is 1. The van der Waals surface area contributed by atoms with Crippen LogP contribution < -0.4 is 5.32 Å². The summed E-state index contributed by atoms with van der Waals surface area (Å²) in [7, 11) is 1.63. The zero-order valence-electron chi connectivity index (χ0n) is 20.6. The Kier molecular flexibility index (Phi) is 5.79. The molecule has 3 amide bonds. The molecule has 3 unspecified atom stereocenters. The van der Waals surface area contributed by atoms with Gasteiger partial charge in [-0.1, -0.05) is 50.2 Å². The first-order chi connectivity index (χ1) is 17.2. The SMILES string of the molecule is [C-]#[N+]C1CC2(CN1C(=O)C(CC(C)C)N(C)C(=O)c1cc3ccccc3[nH]1)C(=O)Nc1ccccc12. The van der Waals surface area contributed by atoms with Gasteiger partial charge in [-0.25, -0.2) is 6.57 Å². The summed E-state index contributed by atoms with van der Waals surface area (Å²) in [6.07, 6.45) is -0.0991. The predicted molar refractivity (Wildman–Crippen MR) is 137 cm³/mol. The number of likely N-dealkylation sites (tertiary alicyclic amines) is 1. The van der Waals surface area contributed by atoms with E-state index < -0.39 is 17.6 Å². The highest BCUT2D eigenvalue weighted by atomic mass is 16.2. The van der Waals surface area contributed by atoms with Crippen molar-refractivity contribution in [3.63, 3.8) is 0 Å². The quantitative estimate of drug-likeness (QED) is 0.537. The summed E-state index contributed by atoms with van der Waals surface area (Å²) in [5.74, 6) is -0.640. The summed E-state index contributed by atoms with van der Waals surface area (Å²) >= 11 is 0. The Bertz CT molecular complexity index is 1370. The van der Waals surface area contributed by atoms with E-state index in [9.17, 15) is 14.4 Å². The average molecular weight is 484 g/mol. The Morgan fingerprint density at radius 1 is 1.19 bits per heavy atom. The molecule has 2 N–H and O–H groups in total. The molecule has 1 fully saturated rings. The van der Waals surface area contributed by atoms with Gasteiger partial charge >= 0.3 is 6.17 Å². The van der Waals surface area contributed by atoms with Gasteiger partial charge in [0.2, 0.25) is 5.91 Å². The maximum Gasteiger partial charge on any atom is 0.302 e. The van der Waals surface area contributed by atoms with Gasteiger partial charge < -0.3 is 15.2 Å². The van der Waals surface area contributed by atoms with E-state index in [4.69, 9.17) is 6.57 Å². The van der Waals surface area contributed by atoms with Gasteiger partial charge in [-0.3, -0.25) is 24.1 Å². The number of amides is 3. The minimum absolute atomic E-state index is 0.116. The van der Waals surface area contributed by atoms with Crippen LogP contribution in [-0.4, -0.2) is 58.3 Å². The second-order valence-corrected chi connectivity index (χ2v) is 10.2. The molecule has 8 heteroatoms. The number of hydrogen-bond acceptors (Lipinski definition) is 3. The molecule has 3 aromatic rings. The maximum absolute atomic E-state index is 14.0. The highest BCUT2D eigenvalue weighted by Gasteiger charge is 2.59. The predicted octanol–water partition coefficient (Wildman–Crippen LogP) is 4.02. The van der Waals surface area contributed by atoms with Crippen molar-refractivity contribution in [2.45, 2.75) is 44.3 Å². The lowest BCUT2D eigenvalue weighted by molar-refractivity contribution is -0.136. The van der Waals surface area contributed by atoms with Crippen molar-refractivity contribution in [3.8, 4) is 0 Å². The first-order valence-corrected chi connectivity index (χ1v) is 12.2. The lowest BCUT2D eigenvalue weighted by atomic mass is 9.80. The van der Waals surface area contributed by atoms with Crippen molar-refractivity contribution >= 4 is 34.3 Å². The number of fused-ring (bicyclic) bond motifs is 3. The third kappa shape index (κ3) is 3.72. The number of carbonyl (C=O) groups is 3. The molecule has 36 heavy (non-hydrogen) atoms. The zero-order chi connectivity index (χ0) is 25.6. The van der Waals surface area contributed by atoms with E-state index in [1.807, 2.05) is 62.4 Å². The van der Waals surface area contributed by atoms with Gasteiger partial charge in [0, 0.05) is 30.2 Å². The van der Waals surface area contributed by atoms with E-state index in [1.165, 1.54) is 9.80 Å². The van der Waals surface area contributed by atoms with Gasteiger partial charge in [0.05, 0.1) is 6.42 Å². The fourth-order valence-corrected chi connectivity index (χ4v) is 5.54. The lowest BCUT2D eigenvalue weighted by Crippen LogP contribution is -2.51. The van der Waals surface area contributed by atoms with Gasteiger partial charge in [0.25, 0.3) is 11.8 Å². The molecule has 2 aromatic carbocycles. The summed E-state index contributed by atoms with van der Waals surface area (Å²) in [5.41, 5.74) is 1.85. The van der Waals surface area contributed by atoms with Crippen molar-refractivity contribution in [2.75, 3.05) is 18.9 Å². The average Bonchev–Trinajstić information content (AvgIpc) is 3.55. The van der Waals surface area contributed by atoms with E-state index in [0.29, 0.717) is 12.1 Å². The van der Waals surface area contributed by atoms with Crippen molar-refractivity contribution in [1.82, 2.24) is 14.8 Å². The van der Waals surface area contributed by atoms with E-state index in [-0.39, 0.29) is 36.6 Å². The minimum Gasteiger partial charge on any atom is -0.351 e. The summed E-state index contributed by atoms with van der Waals surface area (Å²) in [4.78, 5) is 50.5. The number of rotatable bonds is 5. The Balaban J connectivity index is 1.46. The number of H-pyrrole nitrogens is 1. The van der Waals surface area contributed by atoms with Gasteiger partial charge in [-0.2, -0.15) is 0 Å². The fraction of sp³-hybridized carbons (Fsp3) is 0.357. The molecule has 1 spiro atoms. The van der Waals surface area contributed by atoms with Gasteiger partial charge in [-0.05, 0) is 36.1 Å². The molecule has 1 aromatic heterocycles. The normalized spacial score (nSPS) is 21.5. The van der Waals surface area contributed by atoms with E-state index in [0.717, 1.165) is 22.2 Å². The number of aromatic nitrogens is 1. The zero-order valence-corrected chi connectivity index (χ0v) is 20.6. The second-order valence-electron chi connectivity index (χ2n) is 10.2. The lowest BCUT2D eigenvalue weighted by Gasteiger charge is -2.32. The number of nitrogens with zero attached hydrogens (tertiary/aromatic N) is 3. The smallest absolute Gasteiger partial charge is 0.302 e. The first kappa shape index (κ1) is 23.6. The molecule has 0 bridgehead atoms. The Labute approximate surface area is 210 Å². The van der Waals surface area contributed by atoms with Crippen LogP contribution in [-0.2, 0) is 15.0 Å². The first-order valence-electron chi connectivity index (χ1n) is 12.2. The summed E-state index contributed by atoms with van der Waals surface area (Å²) < 4.78 is 0. The summed E-state index contributed by atoms with van der Waals surface area (Å²) in [5, 5.41) is 3.84. The number of likely N-dealkylation sites (N-methyl/N-ethyl adjacent to an activating group) is 1. The molecule has 0 aliphatic carbocycles. The van der Waals surface area contributed by atoms with Gasteiger partial charge in [-0.15, -0.1) is 0 Å². The van der Waals surface area contributed by atoms with Crippen molar-refractivity contribution in [3.05, 3.63) is 77.3 Å². The van der Waals surface area contributed by atoms with E-state index in [1.54, 1.807) is 13.1 Å². The molecule has 0 radical (unpaired) electrons. The molecule has 1 saturated heterocycles. The van der Waals surface area contributed by atoms with Gasteiger partial charge in [0.15, 0.2) is 0 Å². The van der Waals surface area contributed by atoms with E-state index in [2.05, 4.69) is 15.1 Å². The van der Waals surface area contributed by atoms with Crippen LogP contribution in [0.1, 0.15) is 42.7 Å². The van der Waals surface area contributed by atoms with Crippen molar-refractivity contribution < 1.29 is 14.4 Å². The summed E-state index contributed by atoms with van der Waals surface area (Å²) in [6.45, 7) is 11.9. The molecule has 5 rings (SSSR count). The van der Waals surface area contributed by atoms with Crippen LogP contribution in [0.4, 0.5) is 5.69 Å². The number of aromatic amines is 1. The Morgan fingerprint density at radius 2 is 1.92 bits per heavy atom. The highest BCUT2D eigenvalue weighted by Crippen LogP contribution is 2.47. The molecule has 2 aliphatic heterocycles. The molecular formula is C28H29N5O3.